The van der Waals surface area contributed by atoms with Crippen LogP contribution in [0.15, 0.2) is 292 Å². The van der Waals surface area contributed by atoms with E-state index in [4.69, 9.17) is 29.2 Å². The van der Waals surface area contributed by atoms with E-state index < -0.39 is 37.4 Å². The molecule has 4 fully saturated rings. The zero-order valence-corrected chi connectivity index (χ0v) is 78.2. The van der Waals surface area contributed by atoms with Gasteiger partial charge in [0.15, 0.2) is 0 Å². The lowest BCUT2D eigenvalue weighted by molar-refractivity contribution is -0.143. The summed E-state index contributed by atoms with van der Waals surface area (Å²) in [7, 11) is 0. The Hall–Kier alpha value is -13.9. The standard InChI is InChI=1S/2C28H32N4O4.2C26H30N4O2/c2*1-19-8-10-21(11-9-19)20(2)14-30-27(22-6-4-3-5-7-22)28(35)31-25-13-12-23(15-29-25)36-24-16-32(17-24)26(34)18-33;2*1-18-8-10-20(11-9-18)19(2)14-29-25(21-6-4-3-5-7-21)26(31)30-24-13-12-22(17-28-24)32-23-15-27-16-23/h2*3-13,15,20,24,27,30,33H,14,16-18H2,1-2H3,(H,29,31,35);2*3-13,17,19,23,25,27,29H,14-16H2,1-2H3,(H,28,30,31)/t20-,27+;20-,27-;19-,25+;19-,25-/m1111/s1. The molecular weight excluding hydrogens is 1710 g/mol. The number of hydrogen-bond acceptors (Lipinski definition) is 22. The van der Waals surface area contributed by atoms with Crippen molar-refractivity contribution in [1.29, 1.82) is 0 Å². The number of aryl methyl sites for hydroxylation is 4. The van der Waals surface area contributed by atoms with Crippen LogP contribution in [-0.4, -0.2) is 192 Å². The van der Waals surface area contributed by atoms with Gasteiger partial charge < -0.3 is 92.1 Å². The fraction of sp³-hybridized carbons (Fsp3) is 0.315. The third-order valence-corrected chi connectivity index (χ3v) is 24.0. The van der Waals surface area contributed by atoms with Crippen molar-refractivity contribution in [3.8, 4) is 23.0 Å². The molecule has 8 atom stereocenters. The summed E-state index contributed by atoms with van der Waals surface area (Å²) in [5.74, 6) is 4.09. The number of likely N-dealkylation sites (tertiary alicyclic amines) is 2. The highest BCUT2D eigenvalue weighted by Gasteiger charge is 2.35. The van der Waals surface area contributed by atoms with E-state index in [2.05, 4.69) is 226 Å². The van der Waals surface area contributed by atoms with Gasteiger partial charge in [-0.2, -0.15) is 0 Å². The van der Waals surface area contributed by atoms with E-state index in [0.29, 0.717) is 98.6 Å². The van der Waals surface area contributed by atoms with Crippen molar-refractivity contribution in [2.75, 3.05) is 113 Å². The fourth-order valence-electron chi connectivity index (χ4n) is 15.2. The van der Waals surface area contributed by atoms with Crippen molar-refractivity contribution in [2.24, 2.45) is 0 Å². The first-order valence-electron chi connectivity index (χ1n) is 46.3. The number of aromatic nitrogens is 4. The molecule has 12 N–H and O–H groups in total. The van der Waals surface area contributed by atoms with Crippen LogP contribution in [0.1, 0.15) is 142 Å². The Morgan fingerprint density at radius 2 is 0.515 bits per heavy atom. The minimum atomic E-state index is -0.540. The molecule has 0 bridgehead atoms. The molecule has 4 aromatic heterocycles. The van der Waals surface area contributed by atoms with Crippen LogP contribution in [0.3, 0.4) is 0 Å². The quantitative estimate of drug-likeness (QED) is 0.0171. The first kappa shape index (κ1) is 99.5. The molecule has 6 amide bonds. The number of nitrogens with zero attached hydrogens (tertiary/aromatic N) is 6. The zero-order valence-electron chi connectivity index (χ0n) is 78.2. The summed E-state index contributed by atoms with van der Waals surface area (Å²) in [4.78, 5) is 96.1. The number of hydrogen-bond donors (Lipinski definition) is 12. The smallest absolute Gasteiger partial charge is 0.248 e. The van der Waals surface area contributed by atoms with Crippen LogP contribution in [0.25, 0.3) is 0 Å². The molecule has 4 aliphatic heterocycles. The number of aliphatic hydroxyl groups is 2. The topological polar surface area (TPSA) is 358 Å². The number of nitrogens with one attached hydrogen (secondary N) is 10. The molecule has 8 heterocycles. The number of anilines is 4. The Kier molecular flexibility index (Phi) is 36.9. The van der Waals surface area contributed by atoms with Crippen molar-refractivity contribution in [1.82, 2.24) is 61.6 Å². The van der Waals surface area contributed by atoms with Gasteiger partial charge in [0.2, 0.25) is 35.4 Å². The van der Waals surface area contributed by atoms with E-state index in [0.717, 1.165) is 48.4 Å². The maximum atomic E-state index is 13.3. The number of benzene rings is 8. The molecule has 0 aliphatic carbocycles. The molecule has 8 aromatic carbocycles. The third kappa shape index (κ3) is 30.0. The molecule has 0 spiro atoms. The van der Waals surface area contributed by atoms with Gasteiger partial charge in [0.1, 0.15) is 108 Å². The Morgan fingerprint density at radius 1 is 0.301 bits per heavy atom. The van der Waals surface area contributed by atoms with Crippen molar-refractivity contribution in [3.63, 3.8) is 0 Å². The van der Waals surface area contributed by atoms with Crippen LogP contribution in [0.5, 0.6) is 23.0 Å². The fourth-order valence-corrected chi connectivity index (χ4v) is 15.2. The second-order valence-corrected chi connectivity index (χ2v) is 34.9. The van der Waals surface area contributed by atoms with Gasteiger partial charge in [0.25, 0.3) is 0 Å². The predicted molar refractivity (Wildman–Crippen MR) is 529 cm³/mol. The van der Waals surface area contributed by atoms with Gasteiger partial charge in [-0.15, -0.1) is 0 Å². The van der Waals surface area contributed by atoms with Gasteiger partial charge in [-0.05, 0) is 144 Å². The number of amides is 6. The average molecular weight is 1840 g/mol. The lowest BCUT2D eigenvalue weighted by atomic mass is 9.98. The molecular formula is C108H124N16O12. The summed E-state index contributed by atoms with van der Waals surface area (Å²) in [6, 6.07) is 84.8. The Bertz CT molecular complexity index is 5360. The molecule has 16 rings (SSSR count). The van der Waals surface area contributed by atoms with Gasteiger partial charge in [0.05, 0.1) is 51.0 Å². The van der Waals surface area contributed by atoms with Gasteiger partial charge in [0, 0.05) is 52.4 Å². The van der Waals surface area contributed by atoms with Crippen LogP contribution in [0.2, 0.25) is 0 Å². The minimum absolute atomic E-state index is 0.134. The first-order valence-corrected chi connectivity index (χ1v) is 46.3. The van der Waals surface area contributed by atoms with Gasteiger partial charge in [-0.25, -0.2) is 19.9 Å². The van der Waals surface area contributed by atoms with Crippen LogP contribution < -0.4 is 72.1 Å². The number of pyridine rings is 4. The Balaban J connectivity index is 0.000000154. The van der Waals surface area contributed by atoms with Crippen molar-refractivity contribution >= 4 is 58.7 Å². The van der Waals surface area contributed by atoms with Crippen molar-refractivity contribution in [2.45, 2.75) is 128 Å². The normalized spacial score (nSPS) is 15.2. The molecule has 0 saturated carbocycles. The predicted octanol–water partition coefficient (Wildman–Crippen LogP) is 13.7. The zero-order chi connectivity index (χ0) is 95.7. The largest absolute Gasteiger partial charge is 0.486 e. The number of aliphatic hydroxyl groups excluding tert-OH is 2. The molecule has 4 aliphatic rings. The summed E-state index contributed by atoms with van der Waals surface area (Å²) in [5, 5.41) is 49.6. The van der Waals surface area contributed by atoms with E-state index in [1.807, 2.05) is 133 Å². The SMILES string of the molecule is Cc1ccc([C@H](C)CN[C@@H](C(=O)Nc2ccc(OC3CN(C(=O)CO)C3)cn2)c2ccccc2)cc1.Cc1ccc([C@H](C)CN[C@@H](C(=O)Nc2ccc(OC3CNC3)cn2)c2ccccc2)cc1.Cc1ccc([C@H](C)CN[C@H](C(=O)Nc2ccc(OC3CN(C(=O)CO)C3)cn2)c2ccccc2)cc1.Cc1ccc([C@H](C)CN[C@H](C(=O)Nc2ccc(OC3CNC3)cn2)c2ccccc2)cc1. The van der Waals surface area contributed by atoms with Gasteiger partial charge >= 0.3 is 0 Å². The molecule has 0 unspecified atom stereocenters. The Morgan fingerprint density at radius 3 is 0.699 bits per heavy atom. The lowest BCUT2D eigenvalue weighted by Crippen LogP contribution is -2.56. The molecule has 0 radical (unpaired) electrons. The number of ether oxygens (including phenoxy) is 4. The Labute approximate surface area is 796 Å². The maximum Gasteiger partial charge on any atom is 0.248 e. The number of rotatable bonds is 38. The summed E-state index contributed by atoms with van der Waals surface area (Å²) in [5.41, 5.74) is 13.4. The molecule has 12 aromatic rings. The second kappa shape index (κ2) is 50.4. The molecule has 4 saturated heterocycles. The van der Waals surface area contributed by atoms with Gasteiger partial charge in [-0.1, -0.05) is 268 Å². The molecule has 28 nitrogen and oxygen atoms in total. The summed E-state index contributed by atoms with van der Waals surface area (Å²) in [6.07, 6.45) is 6.53. The lowest BCUT2D eigenvalue weighted by Gasteiger charge is -2.38. The van der Waals surface area contributed by atoms with E-state index in [1.165, 1.54) is 54.3 Å². The molecule has 136 heavy (non-hydrogen) atoms. The summed E-state index contributed by atoms with van der Waals surface area (Å²) in [6.45, 7) is 23.7. The molecule has 708 valence electrons. The minimum Gasteiger partial charge on any atom is -0.486 e. The van der Waals surface area contributed by atoms with Crippen molar-refractivity contribution < 1.29 is 57.9 Å². The maximum absolute atomic E-state index is 13.3. The van der Waals surface area contributed by atoms with Crippen LogP contribution in [0, 0.1) is 27.7 Å². The first-order chi connectivity index (χ1) is 66.0. The van der Waals surface area contributed by atoms with Crippen LogP contribution in [-0.2, 0) is 28.8 Å². The highest BCUT2D eigenvalue weighted by atomic mass is 16.5. The van der Waals surface area contributed by atoms with E-state index in [1.54, 1.807) is 61.2 Å². The van der Waals surface area contributed by atoms with E-state index in [-0.39, 0.29) is 83.5 Å². The van der Waals surface area contributed by atoms with Gasteiger partial charge in [-0.3, -0.25) is 28.8 Å². The van der Waals surface area contributed by atoms with E-state index >= 15 is 0 Å². The molecule has 28 heteroatoms. The van der Waals surface area contributed by atoms with Crippen LogP contribution in [0.4, 0.5) is 23.3 Å². The summed E-state index contributed by atoms with van der Waals surface area (Å²) >= 11 is 0. The van der Waals surface area contributed by atoms with E-state index in [9.17, 15) is 28.8 Å². The van der Waals surface area contributed by atoms with Crippen molar-refractivity contribution in [3.05, 3.63) is 358 Å². The monoisotopic (exact) mass is 1840 g/mol. The highest BCUT2D eigenvalue weighted by Crippen LogP contribution is 2.30. The van der Waals surface area contributed by atoms with Crippen LogP contribution >= 0.6 is 0 Å². The average Bonchev–Trinajstić information content (AvgIpc) is 0.730. The number of carbonyl (C=O) groups excluding carboxylic acids is 6. The second-order valence-electron chi connectivity index (χ2n) is 34.9. The highest BCUT2D eigenvalue weighted by molar-refractivity contribution is 5.97. The number of carbonyl (C=O) groups is 6. The summed E-state index contributed by atoms with van der Waals surface area (Å²) < 4.78 is 23.2. The third-order valence-electron chi connectivity index (χ3n) is 24.0.